The van der Waals surface area contributed by atoms with Crippen molar-refractivity contribution in [2.75, 3.05) is 0 Å². The van der Waals surface area contributed by atoms with E-state index in [4.69, 9.17) is 5.73 Å². The molecule has 1 aliphatic rings. The molecule has 43 heavy (non-hydrogen) atoms. The van der Waals surface area contributed by atoms with Crippen molar-refractivity contribution in [2.45, 2.75) is 93.1 Å². The summed E-state index contributed by atoms with van der Waals surface area (Å²) in [5.41, 5.74) is 14.8. The predicted molar refractivity (Wildman–Crippen MR) is 178 cm³/mol. The molecule has 0 radical (unpaired) electrons. The van der Waals surface area contributed by atoms with E-state index in [1.165, 1.54) is 0 Å². The first-order valence-electron chi connectivity index (χ1n) is 15.5. The van der Waals surface area contributed by atoms with Gasteiger partial charge in [0.15, 0.2) is 0 Å². The number of hydrogen-bond acceptors (Lipinski definition) is 2. The Kier molecular flexibility index (Phi) is 13.4. The largest absolute Gasteiger partial charge is 2.00 e. The molecule has 3 aromatic rings. The quantitative estimate of drug-likeness (QED) is 0.242. The first-order valence-corrected chi connectivity index (χ1v) is 16.9. The van der Waals surface area contributed by atoms with Crippen LogP contribution >= 0.6 is 0 Å². The van der Waals surface area contributed by atoms with Crippen molar-refractivity contribution < 1.29 is 27.9 Å². The number of sulfonamides is 1. The maximum Gasteiger partial charge on any atom is 2.00 e. The topological polar surface area (TPSA) is 72.0 Å². The molecule has 0 spiro atoms. The van der Waals surface area contributed by atoms with Gasteiger partial charge in [-0.15, -0.1) is 12.1 Å². The summed E-state index contributed by atoms with van der Waals surface area (Å²) < 4.78 is 31.5. The van der Waals surface area contributed by atoms with Crippen LogP contribution < -0.4 is 0 Å². The molecule has 4 rings (SSSR count). The minimum Gasteiger partial charge on any atom is -0.672 e. The van der Waals surface area contributed by atoms with E-state index in [1.54, 1.807) is 0 Å². The molecule has 0 aromatic heterocycles. The monoisotopic (exact) mass is 690 g/mol. The molecule has 236 valence electrons. The molecule has 1 saturated carbocycles. The van der Waals surface area contributed by atoms with E-state index < -0.39 is 22.1 Å². The fourth-order valence-electron chi connectivity index (χ4n) is 6.73. The number of hydrogen-bond donors (Lipinski definition) is 0. The van der Waals surface area contributed by atoms with Gasteiger partial charge in [-0.1, -0.05) is 113 Å². The summed E-state index contributed by atoms with van der Waals surface area (Å²) in [7, 11) is -3.98. The van der Waals surface area contributed by atoms with Crippen LogP contribution in [-0.4, -0.2) is 8.42 Å². The van der Waals surface area contributed by atoms with Crippen molar-refractivity contribution in [3.05, 3.63) is 110 Å². The molecule has 0 unspecified atom stereocenters. The third kappa shape index (κ3) is 8.06. The van der Waals surface area contributed by atoms with Gasteiger partial charge in [-0.3, -0.25) is 0 Å². The summed E-state index contributed by atoms with van der Waals surface area (Å²) in [6, 6.07) is 16.8. The second kappa shape index (κ2) is 15.4. The number of benzene rings is 3. The summed E-state index contributed by atoms with van der Waals surface area (Å²) >= 11 is 0. The van der Waals surface area contributed by atoms with Crippen molar-refractivity contribution in [2.24, 2.45) is 35.5 Å². The second-order valence-electron chi connectivity index (χ2n) is 12.9. The van der Waals surface area contributed by atoms with E-state index in [0.717, 1.165) is 68.9 Å². The van der Waals surface area contributed by atoms with Gasteiger partial charge in [-0.05, 0) is 97.9 Å². The zero-order valence-corrected chi connectivity index (χ0v) is 30.5. The molecular weight excluding hydrogens is 638 g/mol. The standard InChI is InChI=1S/C25H28N2O2S.C12H24.Ru/c1-16-17(2)19(4)25(20(5)18(16)3)30(28,29)27-24(22-14-10-7-11-15-22)23(26)21-12-8-6-9-13-21;1-7-8(2)10(4)12(6)11(5)9(7)3;/h6-15,23-24,26H,1-5H3;7-12H,1-6H3;/q-2;;+2/t23-,24-;;/m0../s1. The van der Waals surface area contributed by atoms with Gasteiger partial charge in [0.25, 0.3) is 0 Å². The van der Waals surface area contributed by atoms with E-state index in [1.807, 2.05) is 95.3 Å². The van der Waals surface area contributed by atoms with Crippen LogP contribution in [0.2, 0.25) is 0 Å². The van der Waals surface area contributed by atoms with Crippen molar-refractivity contribution in [1.82, 2.24) is 0 Å². The summed E-state index contributed by atoms with van der Waals surface area (Å²) in [4.78, 5) is 0.268. The Hall–Kier alpha value is -1.85. The Bertz CT molecular complexity index is 1350. The predicted octanol–water partition coefficient (Wildman–Crippen LogP) is 10.6. The zero-order chi connectivity index (χ0) is 31.5. The van der Waals surface area contributed by atoms with Crippen LogP contribution in [0.4, 0.5) is 0 Å². The molecule has 1 fully saturated rings. The fraction of sp³-hybridized carbons (Fsp3) is 0.514. The number of nitrogens with zero attached hydrogens (tertiary/aromatic N) is 1. The molecule has 0 bridgehead atoms. The smallest absolute Gasteiger partial charge is 0.672 e. The van der Waals surface area contributed by atoms with E-state index in [0.29, 0.717) is 5.56 Å². The third-order valence-electron chi connectivity index (χ3n) is 11.0. The van der Waals surface area contributed by atoms with Crippen molar-refractivity contribution in [3.63, 3.8) is 0 Å². The molecule has 0 saturated heterocycles. The number of nitrogens with one attached hydrogen (secondary N) is 1. The fourth-order valence-corrected chi connectivity index (χ4v) is 8.46. The van der Waals surface area contributed by atoms with Gasteiger partial charge in [-0.2, -0.15) is 0 Å². The normalized spacial score (nSPS) is 25.1. The van der Waals surface area contributed by atoms with Gasteiger partial charge in [-0.25, -0.2) is 8.42 Å². The minimum atomic E-state index is -3.98. The first-order chi connectivity index (χ1) is 19.6. The van der Waals surface area contributed by atoms with Crippen LogP contribution in [0.1, 0.15) is 92.6 Å². The Balaban J connectivity index is 0.000000418. The van der Waals surface area contributed by atoms with Gasteiger partial charge >= 0.3 is 19.5 Å². The van der Waals surface area contributed by atoms with Crippen LogP contribution in [0.15, 0.2) is 65.6 Å². The van der Waals surface area contributed by atoms with E-state index in [-0.39, 0.29) is 24.4 Å². The average molecular weight is 690 g/mol. The van der Waals surface area contributed by atoms with Crippen LogP contribution in [0.3, 0.4) is 0 Å². The van der Waals surface area contributed by atoms with Crippen molar-refractivity contribution in [3.8, 4) is 0 Å². The average Bonchev–Trinajstić information content (AvgIpc) is 2.99. The Labute approximate surface area is 275 Å². The molecule has 4 nitrogen and oxygen atoms in total. The summed E-state index contributed by atoms with van der Waals surface area (Å²) in [6.45, 7) is 24.1. The van der Waals surface area contributed by atoms with Gasteiger partial charge in [0.1, 0.15) is 10.0 Å². The molecule has 0 amide bonds. The van der Waals surface area contributed by atoms with Crippen molar-refractivity contribution >= 4 is 10.0 Å². The van der Waals surface area contributed by atoms with Crippen LogP contribution in [0.5, 0.6) is 0 Å². The maximum absolute atomic E-state index is 13.6. The Morgan fingerprint density at radius 1 is 0.558 bits per heavy atom. The number of rotatable bonds is 6. The molecule has 6 heteroatoms. The molecular formula is C37H52N2O2RuS. The van der Waals surface area contributed by atoms with Crippen LogP contribution in [0.25, 0.3) is 10.5 Å². The summed E-state index contributed by atoms with van der Waals surface area (Å²) in [5.74, 6) is 5.45. The van der Waals surface area contributed by atoms with Crippen molar-refractivity contribution in [1.29, 1.82) is 0 Å². The molecule has 1 N–H and O–H groups in total. The summed E-state index contributed by atoms with van der Waals surface area (Å²) in [6.07, 6.45) is 0. The molecule has 2 atom stereocenters. The minimum absolute atomic E-state index is 0. The Morgan fingerprint density at radius 3 is 1.21 bits per heavy atom. The molecule has 1 aliphatic carbocycles. The van der Waals surface area contributed by atoms with E-state index in [9.17, 15) is 8.42 Å². The third-order valence-corrected chi connectivity index (χ3v) is 12.7. The van der Waals surface area contributed by atoms with Gasteiger partial charge in [0.05, 0.1) is 4.90 Å². The van der Waals surface area contributed by atoms with E-state index in [2.05, 4.69) is 46.3 Å². The van der Waals surface area contributed by atoms with Crippen LogP contribution in [0, 0.1) is 70.1 Å². The van der Waals surface area contributed by atoms with Gasteiger partial charge < -0.3 is 10.5 Å². The molecule has 3 aromatic carbocycles. The van der Waals surface area contributed by atoms with Gasteiger partial charge in [0.2, 0.25) is 0 Å². The summed E-state index contributed by atoms with van der Waals surface area (Å²) in [5, 5.41) is 0. The van der Waals surface area contributed by atoms with Crippen LogP contribution in [-0.2, 0) is 29.5 Å². The zero-order valence-electron chi connectivity index (χ0n) is 27.9. The second-order valence-corrected chi connectivity index (χ2v) is 14.5. The molecule has 0 heterocycles. The SMILES string of the molecule is CC1C(C)C(C)C(C)C(C)C1C.Cc1c(C)c(C)c(S(=O)(=O)[N-][C@@H](c2ccccc2)[C@@H]([NH-])c2ccccc2)c(C)c1C.[Ru+2]. The molecule has 0 aliphatic heterocycles. The first kappa shape index (κ1) is 37.3. The van der Waals surface area contributed by atoms with Gasteiger partial charge in [0, 0.05) is 0 Å². The maximum atomic E-state index is 13.6. The Morgan fingerprint density at radius 2 is 0.860 bits per heavy atom. The van der Waals surface area contributed by atoms with E-state index >= 15 is 0 Å².